The zero-order valence-electron chi connectivity index (χ0n) is 7.31. The summed E-state index contributed by atoms with van der Waals surface area (Å²) < 4.78 is 24.6. The first-order chi connectivity index (χ1) is 6.48. The Bertz CT molecular complexity index is 588. The minimum Gasteiger partial charge on any atom is -0.253 e. The third-order valence-electron chi connectivity index (χ3n) is 1.83. The summed E-state index contributed by atoms with van der Waals surface area (Å²) in [5, 5.41) is 0. The van der Waals surface area contributed by atoms with Crippen LogP contribution in [0.3, 0.4) is 0 Å². The second-order valence-electron chi connectivity index (χ2n) is 2.93. The standard InChI is InChI=1S/C8H7BrN2O2S/c1-14(12,13)11-3-2-7-8(11)4-6(9)5-10-7/h2-5H,1H3. The largest absolute Gasteiger partial charge is 0.253 e. The zero-order valence-corrected chi connectivity index (χ0v) is 9.71. The molecular formula is C8H7BrN2O2S. The normalized spacial score (nSPS) is 12.1. The van der Waals surface area contributed by atoms with E-state index in [1.807, 2.05) is 0 Å². The molecule has 2 heterocycles. The molecule has 0 saturated heterocycles. The minimum atomic E-state index is -3.25. The van der Waals surface area contributed by atoms with Gasteiger partial charge in [0, 0.05) is 16.9 Å². The van der Waals surface area contributed by atoms with Crippen LogP contribution in [-0.2, 0) is 10.0 Å². The maximum absolute atomic E-state index is 11.3. The Balaban J connectivity index is 2.87. The third-order valence-corrected chi connectivity index (χ3v) is 3.29. The van der Waals surface area contributed by atoms with Gasteiger partial charge in [-0.05, 0) is 28.1 Å². The lowest BCUT2D eigenvalue weighted by atomic mass is 10.4. The Labute approximate surface area is 89.7 Å². The lowest BCUT2D eigenvalue weighted by Crippen LogP contribution is -2.08. The van der Waals surface area contributed by atoms with Crippen LogP contribution >= 0.6 is 15.9 Å². The quantitative estimate of drug-likeness (QED) is 0.794. The van der Waals surface area contributed by atoms with Crippen molar-refractivity contribution in [3.63, 3.8) is 0 Å². The van der Waals surface area contributed by atoms with E-state index in [4.69, 9.17) is 0 Å². The smallest absolute Gasteiger partial charge is 0.236 e. The maximum atomic E-state index is 11.3. The van der Waals surface area contributed by atoms with Crippen molar-refractivity contribution in [2.75, 3.05) is 6.26 Å². The van der Waals surface area contributed by atoms with Gasteiger partial charge >= 0.3 is 0 Å². The van der Waals surface area contributed by atoms with Gasteiger partial charge in [-0.15, -0.1) is 0 Å². The molecule has 2 aromatic heterocycles. The van der Waals surface area contributed by atoms with Crippen molar-refractivity contribution in [3.8, 4) is 0 Å². The molecule has 2 aromatic rings. The van der Waals surface area contributed by atoms with Gasteiger partial charge in [0.25, 0.3) is 0 Å². The van der Waals surface area contributed by atoms with E-state index in [0.717, 1.165) is 10.7 Å². The first-order valence-electron chi connectivity index (χ1n) is 3.81. The summed E-state index contributed by atoms with van der Waals surface area (Å²) in [6.45, 7) is 0. The van der Waals surface area contributed by atoms with Gasteiger partial charge in [0.1, 0.15) is 0 Å². The van der Waals surface area contributed by atoms with E-state index in [2.05, 4.69) is 20.9 Å². The maximum Gasteiger partial charge on any atom is 0.236 e. The second-order valence-corrected chi connectivity index (χ2v) is 5.71. The molecule has 0 amide bonds. The van der Waals surface area contributed by atoms with Crippen LogP contribution in [0.4, 0.5) is 0 Å². The van der Waals surface area contributed by atoms with Crippen molar-refractivity contribution < 1.29 is 8.42 Å². The van der Waals surface area contributed by atoms with Gasteiger partial charge in [0.05, 0.1) is 17.3 Å². The molecule has 0 saturated carbocycles. The molecule has 14 heavy (non-hydrogen) atoms. The molecule has 0 aliphatic carbocycles. The fourth-order valence-corrected chi connectivity index (χ4v) is 2.36. The summed E-state index contributed by atoms with van der Waals surface area (Å²) in [6, 6.07) is 3.40. The van der Waals surface area contributed by atoms with Gasteiger partial charge in [-0.3, -0.25) is 4.98 Å². The molecule has 4 nitrogen and oxygen atoms in total. The van der Waals surface area contributed by atoms with Crippen LogP contribution in [0.5, 0.6) is 0 Å². The number of aromatic nitrogens is 2. The highest BCUT2D eigenvalue weighted by Gasteiger charge is 2.10. The summed E-state index contributed by atoms with van der Waals surface area (Å²) in [7, 11) is -3.25. The fraction of sp³-hybridized carbons (Fsp3) is 0.125. The van der Waals surface area contributed by atoms with Crippen LogP contribution in [0.15, 0.2) is 29.0 Å². The number of fused-ring (bicyclic) bond motifs is 1. The van der Waals surface area contributed by atoms with Crippen LogP contribution in [0.1, 0.15) is 0 Å². The Morgan fingerprint density at radius 1 is 1.50 bits per heavy atom. The van der Waals surface area contributed by atoms with E-state index >= 15 is 0 Å². The van der Waals surface area contributed by atoms with E-state index in [-0.39, 0.29) is 0 Å². The third kappa shape index (κ3) is 1.55. The lowest BCUT2D eigenvalue weighted by Gasteiger charge is -2.00. The molecule has 0 unspecified atom stereocenters. The summed E-state index contributed by atoms with van der Waals surface area (Å²) in [4.78, 5) is 4.08. The summed E-state index contributed by atoms with van der Waals surface area (Å²) in [6.07, 6.45) is 4.29. The van der Waals surface area contributed by atoms with Crippen LogP contribution in [-0.4, -0.2) is 23.6 Å². The van der Waals surface area contributed by atoms with E-state index in [1.165, 1.54) is 10.2 Å². The molecule has 6 heteroatoms. The monoisotopic (exact) mass is 274 g/mol. The van der Waals surface area contributed by atoms with E-state index < -0.39 is 10.0 Å². The molecule has 0 bridgehead atoms. The molecule has 0 fully saturated rings. The van der Waals surface area contributed by atoms with Crippen LogP contribution in [0.25, 0.3) is 11.0 Å². The van der Waals surface area contributed by atoms with E-state index in [9.17, 15) is 8.42 Å². The Kier molecular flexibility index (Phi) is 2.11. The van der Waals surface area contributed by atoms with Crippen molar-refractivity contribution in [1.29, 1.82) is 0 Å². The molecule has 0 aromatic carbocycles. The molecule has 74 valence electrons. The molecule has 0 radical (unpaired) electrons. The van der Waals surface area contributed by atoms with Gasteiger partial charge in [0.2, 0.25) is 10.0 Å². The number of halogens is 1. The van der Waals surface area contributed by atoms with Gasteiger partial charge in [-0.2, -0.15) is 0 Å². The first kappa shape index (κ1) is 9.67. The zero-order chi connectivity index (χ0) is 10.3. The molecule has 0 atom stereocenters. The molecule has 2 rings (SSSR count). The lowest BCUT2D eigenvalue weighted by molar-refractivity contribution is 0.595. The Morgan fingerprint density at radius 3 is 2.86 bits per heavy atom. The van der Waals surface area contributed by atoms with Crippen molar-refractivity contribution in [2.24, 2.45) is 0 Å². The van der Waals surface area contributed by atoms with Crippen molar-refractivity contribution >= 4 is 37.0 Å². The molecule has 0 N–H and O–H groups in total. The van der Waals surface area contributed by atoms with E-state index in [1.54, 1.807) is 18.3 Å². The number of rotatable bonds is 1. The minimum absolute atomic E-state index is 0.585. The Hall–Kier alpha value is -0.880. The van der Waals surface area contributed by atoms with Crippen LogP contribution < -0.4 is 0 Å². The molecule has 0 aliphatic heterocycles. The summed E-state index contributed by atoms with van der Waals surface area (Å²) in [5.41, 5.74) is 1.25. The number of hydrogen-bond acceptors (Lipinski definition) is 3. The number of pyridine rings is 1. The van der Waals surface area contributed by atoms with Gasteiger partial charge in [0.15, 0.2) is 0 Å². The van der Waals surface area contributed by atoms with Crippen molar-refractivity contribution in [2.45, 2.75) is 0 Å². The fourth-order valence-electron chi connectivity index (χ4n) is 1.25. The summed E-state index contributed by atoms with van der Waals surface area (Å²) >= 11 is 3.25. The molecule has 0 spiro atoms. The predicted octanol–water partition coefficient (Wildman–Crippen LogP) is 1.61. The van der Waals surface area contributed by atoms with Crippen LogP contribution in [0.2, 0.25) is 0 Å². The van der Waals surface area contributed by atoms with Gasteiger partial charge in [-0.25, -0.2) is 12.4 Å². The van der Waals surface area contributed by atoms with Gasteiger partial charge < -0.3 is 0 Å². The molecule has 0 aliphatic rings. The van der Waals surface area contributed by atoms with Gasteiger partial charge in [-0.1, -0.05) is 0 Å². The molecular weight excluding hydrogens is 268 g/mol. The topological polar surface area (TPSA) is 52.0 Å². The van der Waals surface area contributed by atoms with Crippen molar-refractivity contribution in [3.05, 3.63) is 29.0 Å². The number of nitrogens with zero attached hydrogens (tertiary/aromatic N) is 2. The first-order valence-corrected chi connectivity index (χ1v) is 6.46. The Morgan fingerprint density at radius 2 is 2.21 bits per heavy atom. The second kappa shape index (κ2) is 3.06. The predicted molar refractivity (Wildman–Crippen MR) is 57.7 cm³/mol. The van der Waals surface area contributed by atoms with E-state index in [0.29, 0.717) is 11.0 Å². The van der Waals surface area contributed by atoms with Crippen LogP contribution in [0, 0.1) is 0 Å². The van der Waals surface area contributed by atoms with Crippen molar-refractivity contribution in [1.82, 2.24) is 8.96 Å². The highest BCUT2D eigenvalue weighted by Crippen LogP contribution is 2.19. The average Bonchev–Trinajstić information content (AvgIpc) is 2.45. The highest BCUT2D eigenvalue weighted by atomic mass is 79.9. The average molecular weight is 275 g/mol. The summed E-state index contributed by atoms with van der Waals surface area (Å²) in [5.74, 6) is 0. The SMILES string of the molecule is CS(=O)(=O)n1ccc2ncc(Br)cc21. The number of hydrogen-bond donors (Lipinski definition) is 0. The highest BCUT2D eigenvalue weighted by molar-refractivity contribution is 9.10.